The van der Waals surface area contributed by atoms with Gasteiger partial charge in [0.1, 0.15) is 5.82 Å². The van der Waals surface area contributed by atoms with E-state index in [2.05, 4.69) is 10.2 Å². The minimum Gasteiger partial charge on any atom is -0.858 e. The molecule has 0 saturated heterocycles. The Balaban J connectivity index is 1.75. The SMILES string of the molecule is Cc1nn(-c2ccccc2)c([O-])c1C(c1ccc(F)cc1)c1c(C)nn(-c2ccccc2)c1[O-]. The summed E-state index contributed by atoms with van der Waals surface area (Å²) in [4.78, 5) is 0. The maximum atomic E-state index is 13.8. The summed E-state index contributed by atoms with van der Waals surface area (Å²) in [5.41, 5.74) is 3.58. The first-order valence-electron chi connectivity index (χ1n) is 10.8. The Morgan fingerprint density at radius 3 is 1.47 bits per heavy atom. The van der Waals surface area contributed by atoms with Crippen molar-refractivity contribution in [1.82, 2.24) is 19.6 Å². The lowest BCUT2D eigenvalue weighted by molar-refractivity contribution is -0.280. The van der Waals surface area contributed by atoms with Crippen LogP contribution in [-0.2, 0) is 0 Å². The highest BCUT2D eigenvalue weighted by Crippen LogP contribution is 2.43. The zero-order valence-corrected chi connectivity index (χ0v) is 18.6. The molecule has 6 nitrogen and oxygen atoms in total. The number of benzene rings is 3. The molecule has 0 unspecified atom stereocenters. The lowest BCUT2D eigenvalue weighted by Crippen LogP contribution is -2.12. The summed E-state index contributed by atoms with van der Waals surface area (Å²) >= 11 is 0. The monoisotopic (exact) mass is 452 g/mol. The molecule has 34 heavy (non-hydrogen) atoms. The number of para-hydroxylation sites is 2. The number of halogens is 1. The predicted molar refractivity (Wildman–Crippen MR) is 123 cm³/mol. The third-order valence-electron chi connectivity index (χ3n) is 5.91. The quantitative estimate of drug-likeness (QED) is 0.401. The van der Waals surface area contributed by atoms with E-state index in [9.17, 15) is 14.6 Å². The van der Waals surface area contributed by atoms with Crippen molar-refractivity contribution >= 4 is 0 Å². The summed E-state index contributed by atoms with van der Waals surface area (Å²) in [5, 5.41) is 36.3. The average Bonchev–Trinajstić information content (AvgIpc) is 3.32. The Morgan fingerprint density at radius 1 is 0.647 bits per heavy atom. The second-order valence-electron chi connectivity index (χ2n) is 8.09. The average molecular weight is 452 g/mol. The molecular weight excluding hydrogens is 431 g/mol. The fourth-order valence-electron chi connectivity index (χ4n) is 4.32. The van der Waals surface area contributed by atoms with Gasteiger partial charge in [-0.1, -0.05) is 48.5 Å². The van der Waals surface area contributed by atoms with Gasteiger partial charge in [-0.2, -0.15) is 10.2 Å². The Morgan fingerprint density at radius 2 is 1.06 bits per heavy atom. The van der Waals surface area contributed by atoms with Gasteiger partial charge in [0, 0.05) is 5.92 Å². The number of aromatic nitrogens is 4. The predicted octanol–water partition coefficient (Wildman–Crippen LogP) is 4.14. The molecule has 0 atom stereocenters. The summed E-state index contributed by atoms with van der Waals surface area (Å²) in [6, 6.07) is 24.0. The number of hydrogen-bond acceptors (Lipinski definition) is 4. The van der Waals surface area contributed by atoms with E-state index in [1.807, 2.05) is 36.4 Å². The van der Waals surface area contributed by atoms with Crippen molar-refractivity contribution in [3.8, 4) is 23.1 Å². The summed E-state index contributed by atoms with van der Waals surface area (Å²) in [5.74, 6) is -1.82. The zero-order chi connectivity index (χ0) is 23.8. The Bertz CT molecular complexity index is 1350. The van der Waals surface area contributed by atoms with E-state index < -0.39 is 11.7 Å². The van der Waals surface area contributed by atoms with E-state index in [-0.39, 0.29) is 11.8 Å². The molecular formula is C27H21FN4O2-2. The molecule has 7 heteroatoms. The third-order valence-corrected chi connectivity index (χ3v) is 5.91. The van der Waals surface area contributed by atoms with E-state index in [1.165, 1.54) is 21.5 Å². The first-order valence-corrected chi connectivity index (χ1v) is 10.8. The van der Waals surface area contributed by atoms with Crippen LogP contribution in [-0.4, -0.2) is 19.6 Å². The van der Waals surface area contributed by atoms with Gasteiger partial charge in [0.25, 0.3) is 0 Å². The largest absolute Gasteiger partial charge is 0.858 e. The molecule has 2 aromatic heterocycles. The smallest absolute Gasteiger partial charge is 0.123 e. The second-order valence-corrected chi connectivity index (χ2v) is 8.09. The van der Waals surface area contributed by atoms with Gasteiger partial charge in [0.15, 0.2) is 0 Å². The fraction of sp³-hybridized carbons (Fsp3) is 0.111. The highest BCUT2D eigenvalue weighted by molar-refractivity contribution is 5.55. The summed E-state index contributed by atoms with van der Waals surface area (Å²) < 4.78 is 16.4. The van der Waals surface area contributed by atoms with Gasteiger partial charge in [0.2, 0.25) is 0 Å². The zero-order valence-electron chi connectivity index (χ0n) is 18.6. The van der Waals surface area contributed by atoms with Crippen molar-refractivity contribution in [2.24, 2.45) is 0 Å². The summed E-state index contributed by atoms with van der Waals surface area (Å²) in [6.07, 6.45) is 0. The summed E-state index contributed by atoms with van der Waals surface area (Å²) in [6.45, 7) is 3.49. The van der Waals surface area contributed by atoms with Crippen molar-refractivity contribution < 1.29 is 14.6 Å². The molecule has 0 aliphatic carbocycles. The molecule has 0 bridgehead atoms. The molecule has 5 aromatic rings. The Hall–Kier alpha value is -4.39. The first-order chi connectivity index (χ1) is 16.5. The lowest BCUT2D eigenvalue weighted by Gasteiger charge is -2.25. The lowest BCUT2D eigenvalue weighted by atomic mass is 9.85. The molecule has 0 saturated carbocycles. The molecule has 0 aliphatic heterocycles. The summed E-state index contributed by atoms with van der Waals surface area (Å²) in [7, 11) is 0. The van der Waals surface area contributed by atoms with Crippen molar-refractivity contribution in [1.29, 1.82) is 0 Å². The number of nitrogens with zero attached hydrogens (tertiary/aromatic N) is 4. The van der Waals surface area contributed by atoms with Gasteiger partial charge >= 0.3 is 0 Å². The minimum atomic E-state index is -0.754. The van der Waals surface area contributed by atoms with Crippen LogP contribution in [0.25, 0.3) is 11.4 Å². The molecule has 0 N–H and O–H groups in total. The molecule has 5 rings (SSSR count). The minimum absolute atomic E-state index is 0.329. The van der Waals surface area contributed by atoms with Gasteiger partial charge in [-0.15, -0.1) is 0 Å². The standard InChI is InChI=1S/C27H23FN4O2/c1-17-23(26(33)31(29-17)21-9-5-3-6-10-21)25(19-13-15-20(28)16-14-19)24-18(2)30-32(27(24)34)22-11-7-4-8-12-22/h3-16,25,33-34H,1-2H3/p-2. The van der Waals surface area contributed by atoms with Crippen LogP contribution in [0.2, 0.25) is 0 Å². The number of hydrogen-bond donors (Lipinski definition) is 0. The highest BCUT2D eigenvalue weighted by atomic mass is 19.1. The van der Waals surface area contributed by atoms with Crippen molar-refractivity contribution in [2.75, 3.05) is 0 Å². The molecule has 2 heterocycles. The normalized spacial score (nSPS) is 11.3. The molecule has 170 valence electrons. The van der Waals surface area contributed by atoms with Gasteiger partial charge in [-0.25, -0.2) is 13.8 Å². The first kappa shape index (κ1) is 21.5. The fourth-order valence-corrected chi connectivity index (χ4v) is 4.32. The van der Waals surface area contributed by atoms with Crippen LogP contribution in [0.15, 0.2) is 84.9 Å². The van der Waals surface area contributed by atoms with E-state index >= 15 is 0 Å². The third kappa shape index (κ3) is 3.61. The second kappa shape index (κ2) is 8.51. The van der Waals surface area contributed by atoms with Crippen LogP contribution in [0.5, 0.6) is 11.8 Å². The van der Waals surface area contributed by atoms with Crippen molar-refractivity contribution in [3.05, 3.63) is 119 Å². The van der Waals surface area contributed by atoms with Gasteiger partial charge in [-0.3, -0.25) is 0 Å². The molecule has 0 radical (unpaired) electrons. The van der Waals surface area contributed by atoms with Crippen LogP contribution in [0, 0.1) is 19.7 Å². The number of aryl methyl sites for hydroxylation is 2. The maximum absolute atomic E-state index is 13.8. The van der Waals surface area contributed by atoms with E-state index in [0.29, 0.717) is 39.5 Å². The highest BCUT2D eigenvalue weighted by Gasteiger charge is 2.27. The Labute approximate surface area is 196 Å². The van der Waals surface area contributed by atoms with E-state index in [1.54, 1.807) is 50.2 Å². The maximum Gasteiger partial charge on any atom is 0.123 e. The van der Waals surface area contributed by atoms with Crippen molar-refractivity contribution in [3.63, 3.8) is 0 Å². The van der Waals surface area contributed by atoms with E-state index in [0.717, 1.165) is 0 Å². The van der Waals surface area contributed by atoms with Crippen LogP contribution in [0.4, 0.5) is 4.39 Å². The molecule has 0 fully saturated rings. The molecule has 0 spiro atoms. The van der Waals surface area contributed by atoms with Crippen LogP contribution in [0.3, 0.4) is 0 Å². The molecule has 3 aromatic carbocycles. The molecule has 0 aliphatic rings. The number of rotatable bonds is 5. The topological polar surface area (TPSA) is 81.8 Å². The van der Waals surface area contributed by atoms with E-state index in [4.69, 9.17) is 0 Å². The van der Waals surface area contributed by atoms with Gasteiger partial charge in [0.05, 0.1) is 22.8 Å². The van der Waals surface area contributed by atoms with Crippen LogP contribution in [0.1, 0.15) is 34.0 Å². The van der Waals surface area contributed by atoms with Crippen LogP contribution < -0.4 is 10.2 Å². The van der Waals surface area contributed by atoms with Crippen molar-refractivity contribution in [2.45, 2.75) is 19.8 Å². The van der Waals surface area contributed by atoms with Gasteiger partial charge < -0.3 is 10.2 Å². The van der Waals surface area contributed by atoms with Crippen LogP contribution >= 0.6 is 0 Å². The Kier molecular flexibility index (Phi) is 5.37. The molecule has 0 amide bonds. The van der Waals surface area contributed by atoms with Gasteiger partial charge in [-0.05, 0) is 78.7 Å².